The van der Waals surface area contributed by atoms with Crippen LogP contribution in [0.4, 0.5) is 5.69 Å². The highest BCUT2D eigenvalue weighted by Gasteiger charge is 2.24. The molecule has 0 bridgehead atoms. The van der Waals surface area contributed by atoms with E-state index >= 15 is 0 Å². The van der Waals surface area contributed by atoms with Crippen LogP contribution in [-0.2, 0) is 11.2 Å². The van der Waals surface area contributed by atoms with Crippen LogP contribution >= 0.6 is 0 Å². The maximum atomic E-state index is 12.8. The summed E-state index contributed by atoms with van der Waals surface area (Å²) in [7, 11) is 0. The van der Waals surface area contributed by atoms with Crippen LogP contribution in [0.2, 0.25) is 0 Å². The van der Waals surface area contributed by atoms with Gasteiger partial charge in [-0.1, -0.05) is 61.5 Å². The molecule has 162 valence electrons. The van der Waals surface area contributed by atoms with Crippen LogP contribution < -0.4 is 5.32 Å². The second kappa shape index (κ2) is 9.77. The Labute approximate surface area is 183 Å². The molecule has 1 saturated heterocycles. The smallest absolute Gasteiger partial charge is 0.227 e. The number of benzene rings is 2. The largest absolute Gasteiger partial charge is 0.381 e. The zero-order valence-corrected chi connectivity index (χ0v) is 18.3. The molecule has 1 atom stereocenters. The summed E-state index contributed by atoms with van der Waals surface area (Å²) in [4.78, 5) is 19.2. The van der Waals surface area contributed by atoms with Crippen molar-refractivity contribution in [3.63, 3.8) is 0 Å². The Kier molecular flexibility index (Phi) is 6.65. The number of nitrogens with one attached hydrogen (secondary N) is 1. The molecule has 1 fully saturated rings. The molecule has 1 aliphatic heterocycles. The van der Waals surface area contributed by atoms with E-state index in [1.165, 1.54) is 5.56 Å². The van der Waals surface area contributed by atoms with Gasteiger partial charge in [0.15, 0.2) is 0 Å². The van der Waals surface area contributed by atoms with Crippen LogP contribution in [0.1, 0.15) is 50.5 Å². The van der Waals surface area contributed by atoms with Gasteiger partial charge in [0.2, 0.25) is 17.6 Å². The van der Waals surface area contributed by atoms with Gasteiger partial charge in [-0.15, -0.1) is 0 Å². The van der Waals surface area contributed by atoms with E-state index in [-0.39, 0.29) is 11.9 Å². The predicted octanol–water partition coefficient (Wildman–Crippen LogP) is 4.90. The number of rotatable bonds is 7. The summed E-state index contributed by atoms with van der Waals surface area (Å²) in [6.07, 6.45) is 2.92. The molecule has 1 N–H and O–H groups in total. The topological polar surface area (TPSA) is 71.3 Å². The van der Waals surface area contributed by atoms with Crippen molar-refractivity contribution in [2.75, 3.05) is 18.4 Å². The molecular weight excluding hydrogens is 388 g/mol. The summed E-state index contributed by atoms with van der Waals surface area (Å²) in [5.74, 6) is 1.73. The third-order valence-electron chi connectivity index (χ3n) is 5.78. The van der Waals surface area contributed by atoms with Crippen LogP contribution in [-0.4, -0.2) is 40.1 Å². The van der Waals surface area contributed by atoms with Crippen molar-refractivity contribution in [1.29, 1.82) is 0 Å². The van der Waals surface area contributed by atoms with Gasteiger partial charge in [-0.2, -0.15) is 4.98 Å². The average molecular weight is 419 g/mol. The summed E-state index contributed by atoms with van der Waals surface area (Å²) in [5, 5.41) is 7.62. The first-order valence-electron chi connectivity index (χ1n) is 11.1. The summed E-state index contributed by atoms with van der Waals surface area (Å²) in [6, 6.07) is 18.6. The number of aryl methyl sites for hydroxylation is 1. The fourth-order valence-corrected chi connectivity index (χ4v) is 3.95. The Bertz CT molecular complexity index is 982. The van der Waals surface area contributed by atoms with E-state index in [9.17, 15) is 4.79 Å². The van der Waals surface area contributed by atoms with Gasteiger partial charge in [0, 0.05) is 43.2 Å². The zero-order valence-electron chi connectivity index (χ0n) is 18.3. The summed E-state index contributed by atoms with van der Waals surface area (Å²) >= 11 is 0. The minimum atomic E-state index is 0.140. The number of hydrogen-bond acceptors (Lipinski definition) is 5. The van der Waals surface area contributed by atoms with Crippen molar-refractivity contribution in [2.24, 2.45) is 0 Å². The average Bonchev–Trinajstić information content (AvgIpc) is 3.28. The molecule has 0 radical (unpaired) electrons. The number of likely N-dealkylation sites (tertiary alicyclic amines) is 1. The fraction of sp³-hybridized carbons (Fsp3) is 0.400. The van der Waals surface area contributed by atoms with Crippen molar-refractivity contribution in [1.82, 2.24) is 15.0 Å². The lowest BCUT2D eigenvalue weighted by Crippen LogP contribution is -2.45. The molecule has 1 amide bonds. The first kappa shape index (κ1) is 21.1. The van der Waals surface area contributed by atoms with E-state index in [0.717, 1.165) is 37.2 Å². The van der Waals surface area contributed by atoms with Gasteiger partial charge in [0.1, 0.15) is 0 Å². The van der Waals surface area contributed by atoms with Gasteiger partial charge in [-0.25, -0.2) is 0 Å². The molecule has 0 unspecified atom stereocenters. The molecule has 3 aromatic rings. The zero-order chi connectivity index (χ0) is 21.6. The lowest BCUT2D eigenvalue weighted by Gasteiger charge is -2.33. The Morgan fingerprint density at radius 1 is 1.16 bits per heavy atom. The molecule has 1 aromatic heterocycles. The summed E-state index contributed by atoms with van der Waals surface area (Å²) in [5.41, 5.74) is 3.36. The second-order valence-corrected chi connectivity index (χ2v) is 8.48. The normalized spacial score (nSPS) is 16.5. The summed E-state index contributed by atoms with van der Waals surface area (Å²) in [6.45, 7) is 5.93. The fourth-order valence-electron chi connectivity index (χ4n) is 3.95. The highest BCUT2D eigenvalue weighted by molar-refractivity contribution is 5.76. The number of anilines is 1. The maximum Gasteiger partial charge on any atom is 0.227 e. The Balaban J connectivity index is 1.28. The second-order valence-electron chi connectivity index (χ2n) is 8.48. The molecule has 6 heteroatoms. The van der Waals surface area contributed by atoms with Gasteiger partial charge in [-0.3, -0.25) is 4.79 Å². The minimum absolute atomic E-state index is 0.140. The third-order valence-corrected chi connectivity index (χ3v) is 5.78. The van der Waals surface area contributed by atoms with Crippen molar-refractivity contribution in [3.05, 3.63) is 66.1 Å². The van der Waals surface area contributed by atoms with Crippen molar-refractivity contribution < 1.29 is 9.32 Å². The number of hydrogen-bond donors (Lipinski definition) is 1. The monoisotopic (exact) mass is 418 g/mol. The van der Waals surface area contributed by atoms with E-state index in [1.807, 2.05) is 35.2 Å². The van der Waals surface area contributed by atoms with Crippen molar-refractivity contribution >= 4 is 11.6 Å². The van der Waals surface area contributed by atoms with Crippen LogP contribution in [0.25, 0.3) is 11.4 Å². The number of carbonyl (C=O) groups is 1. The Morgan fingerprint density at radius 2 is 1.94 bits per heavy atom. The van der Waals surface area contributed by atoms with E-state index in [2.05, 4.69) is 53.6 Å². The highest BCUT2D eigenvalue weighted by Crippen LogP contribution is 2.21. The molecule has 1 aliphatic rings. The Hall–Kier alpha value is -3.15. The number of carbonyl (C=O) groups excluding carboxylic acids is 1. The molecule has 0 aliphatic carbocycles. The van der Waals surface area contributed by atoms with Gasteiger partial charge >= 0.3 is 0 Å². The first-order chi connectivity index (χ1) is 15.1. The molecule has 2 aromatic carbocycles. The standard InChI is InChI=1S/C25H30N4O2/c1-18(2)19-10-12-21(13-11-19)26-22-9-6-16-29(17-22)24(30)15-14-23-27-25(28-31-23)20-7-4-3-5-8-20/h3-5,7-8,10-13,18,22,26H,6,9,14-17H2,1-2H3/t22-/m1/s1. The van der Waals surface area contributed by atoms with E-state index < -0.39 is 0 Å². The number of piperidine rings is 1. The molecule has 0 spiro atoms. The first-order valence-corrected chi connectivity index (χ1v) is 11.1. The predicted molar refractivity (Wildman–Crippen MR) is 122 cm³/mol. The number of amides is 1. The molecule has 6 nitrogen and oxygen atoms in total. The molecule has 2 heterocycles. The molecule has 0 saturated carbocycles. The SMILES string of the molecule is CC(C)c1ccc(N[C@@H]2CCCN(C(=O)CCc3nc(-c4ccccc4)no3)C2)cc1. The van der Waals surface area contributed by atoms with Crippen LogP contribution in [0.3, 0.4) is 0 Å². The third kappa shape index (κ3) is 5.51. The number of nitrogens with zero attached hydrogens (tertiary/aromatic N) is 3. The van der Waals surface area contributed by atoms with Crippen molar-refractivity contribution in [2.45, 2.75) is 51.5 Å². The number of aromatic nitrogens is 2. The van der Waals surface area contributed by atoms with E-state index in [4.69, 9.17) is 4.52 Å². The lowest BCUT2D eigenvalue weighted by molar-refractivity contribution is -0.132. The van der Waals surface area contributed by atoms with Crippen LogP contribution in [0.5, 0.6) is 0 Å². The minimum Gasteiger partial charge on any atom is -0.381 e. The Morgan fingerprint density at radius 3 is 2.68 bits per heavy atom. The molecule has 31 heavy (non-hydrogen) atoms. The van der Waals surface area contributed by atoms with Gasteiger partial charge < -0.3 is 14.7 Å². The van der Waals surface area contributed by atoms with Crippen LogP contribution in [0.15, 0.2) is 59.1 Å². The quantitative estimate of drug-likeness (QED) is 0.591. The summed E-state index contributed by atoms with van der Waals surface area (Å²) < 4.78 is 5.34. The van der Waals surface area contributed by atoms with Gasteiger partial charge in [0.25, 0.3) is 0 Å². The highest BCUT2D eigenvalue weighted by atomic mass is 16.5. The lowest BCUT2D eigenvalue weighted by atomic mass is 10.0. The van der Waals surface area contributed by atoms with E-state index in [0.29, 0.717) is 30.5 Å². The van der Waals surface area contributed by atoms with Gasteiger partial charge in [0.05, 0.1) is 0 Å². The van der Waals surface area contributed by atoms with Gasteiger partial charge in [-0.05, 0) is 36.5 Å². The molecular formula is C25H30N4O2. The van der Waals surface area contributed by atoms with Crippen molar-refractivity contribution in [3.8, 4) is 11.4 Å². The maximum absolute atomic E-state index is 12.8. The van der Waals surface area contributed by atoms with E-state index in [1.54, 1.807) is 0 Å². The molecule has 4 rings (SSSR count). The van der Waals surface area contributed by atoms with Crippen LogP contribution in [0, 0.1) is 0 Å².